The average molecular weight is 191 g/mol. The molecule has 1 rings (SSSR count). The smallest absolute Gasteiger partial charge is 0.201 e. The van der Waals surface area contributed by atoms with Crippen LogP contribution >= 0.6 is 0 Å². The van der Waals surface area contributed by atoms with E-state index in [0.717, 1.165) is 12.8 Å². The number of methoxy groups -OCH3 is 1. The lowest BCUT2D eigenvalue weighted by Gasteiger charge is -2.11. The Morgan fingerprint density at radius 2 is 2.07 bits per heavy atom. The second-order valence-electron chi connectivity index (χ2n) is 3.23. The molecule has 1 atom stereocenters. The molecule has 75 valence electrons. The fourth-order valence-corrected chi connectivity index (χ4v) is 1.37. The molecular formula is C12H15O2. The van der Waals surface area contributed by atoms with E-state index < -0.39 is 0 Å². The molecule has 0 aliphatic heterocycles. The predicted octanol–water partition coefficient (Wildman–Crippen LogP) is 2.13. The second kappa shape index (κ2) is 6.33. The van der Waals surface area contributed by atoms with Crippen LogP contribution in [-0.4, -0.2) is 19.5 Å². The highest BCUT2D eigenvalue weighted by atomic mass is 16.5. The number of ether oxygens (including phenoxy) is 1. The summed E-state index contributed by atoms with van der Waals surface area (Å²) < 4.78 is 5.15. The van der Waals surface area contributed by atoms with E-state index in [1.54, 1.807) is 7.11 Å². The molecule has 2 nitrogen and oxygen atoms in total. The largest absolute Gasteiger partial charge is 0.381 e. The summed E-state index contributed by atoms with van der Waals surface area (Å²) in [5, 5.41) is 0. The van der Waals surface area contributed by atoms with Gasteiger partial charge in [-0.15, -0.1) is 0 Å². The van der Waals surface area contributed by atoms with Gasteiger partial charge in [-0.1, -0.05) is 30.3 Å². The molecule has 0 saturated carbocycles. The Morgan fingerprint density at radius 1 is 1.36 bits per heavy atom. The zero-order valence-electron chi connectivity index (χ0n) is 8.40. The van der Waals surface area contributed by atoms with Gasteiger partial charge in [0.2, 0.25) is 6.29 Å². The lowest BCUT2D eigenvalue weighted by Crippen LogP contribution is -2.12. The first kappa shape index (κ1) is 10.9. The first-order valence-electron chi connectivity index (χ1n) is 4.78. The summed E-state index contributed by atoms with van der Waals surface area (Å²) in [6.07, 6.45) is 4.07. The van der Waals surface area contributed by atoms with Crippen LogP contribution in [0.15, 0.2) is 30.3 Å². The summed E-state index contributed by atoms with van der Waals surface area (Å²) in [6, 6.07) is 10.2. The van der Waals surface area contributed by atoms with E-state index in [9.17, 15) is 4.79 Å². The fraction of sp³-hybridized carbons (Fsp3) is 0.417. The van der Waals surface area contributed by atoms with Gasteiger partial charge in [0.05, 0.1) is 6.10 Å². The molecule has 0 N–H and O–H groups in total. The summed E-state index contributed by atoms with van der Waals surface area (Å²) in [7, 11) is 1.63. The summed E-state index contributed by atoms with van der Waals surface area (Å²) in [5.74, 6) is 0. The maximum absolute atomic E-state index is 10.2. The minimum Gasteiger partial charge on any atom is -0.381 e. The first-order chi connectivity index (χ1) is 6.86. The molecular weight excluding hydrogens is 176 g/mol. The van der Waals surface area contributed by atoms with Crippen molar-refractivity contribution in [3.63, 3.8) is 0 Å². The highest BCUT2D eigenvalue weighted by molar-refractivity contribution is 5.51. The van der Waals surface area contributed by atoms with Gasteiger partial charge >= 0.3 is 0 Å². The van der Waals surface area contributed by atoms with Crippen LogP contribution in [0, 0.1) is 0 Å². The van der Waals surface area contributed by atoms with Crippen LogP contribution in [0.5, 0.6) is 0 Å². The third-order valence-corrected chi connectivity index (χ3v) is 2.24. The van der Waals surface area contributed by atoms with Crippen LogP contribution in [0.25, 0.3) is 0 Å². The Kier molecular flexibility index (Phi) is 4.94. The van der Waals surface area contributed by atoms with E-state index in [1.165, 1.54) is 5.56 Å². The van der Waals surface area contributed by atoms with Crippen LogP contribution in [0.4, 0.5) is 0 Å². The first-order valence-corrected chi connectivity index (χ1v) is 4.78. The van der Waals surface area contributed by atoms with E-state index in [4.69, 9.17) is 4.74 Å². The molecule has 0 aliphatic rings. The summed E-state index contributed by atoms with van der Waals surface area (Å²) in [5.41, 5.74) is 1.28. The number of carbonyl (C=O) groups excluding carboxylic acids is 1. The molecule has 14 heavy (non-hydrogen) atoms. The zero-order chi connectivity index (χ0) is 10.2. The van der Waals surface area contributed by atoms with Gasteiger partial charge in [-0.05, 0) is 18.4 Å². The normalized spacial score (nSPS) is 12.4. The Morgan fingerprint density at radius 3 is 2.64 bits per heavy atom. The fourth-order valence-electron chi connectivity index (χ4n) is 1.37. The van der Waals surface area contributed by atoms with Crippen molar-refractivity contribution >= 4 is 6.29 Å². The summed E-state index contributed by atoms with van der Waals surface area (Å²) >= 11 is 0. The van der Waals surface area contributed by atoms with Gasteiger partial charge in [0.15, 0.2) is 0 Å². The Bertz CT molecular complexity index is 256. The highest BCUT2D eigenvalue weighted by Gasteiger charge is 2.06. The Hall–Kier alpha value is -1.15. The molecule has 0 fully saturated rings. The van der Waals surface area contributed by atoms with Gasteiger partial charge in [-0.2, -0.15) is 0 Å². The lowest BCUT2D eigenvalue weighted by molar-refractivity contribution is 0.101. The van der Waals surface area contributed by atoms with Crippen molar-refractivity contribution in [1.29, 1.82) is 0 Å². The van der Waals surface area contributed by atoms with Gasteiger partial charge in [0.25, 0.3) is 0 Å². The third-order valence-electron chi connectivity index (χ3n) is 2.24. The molecule has 0 saturated heterocycles. The molecule has 1 aromatic carbocycles. The van der Waals surface area contributed by atoms with Crippen molar-refractivity contribution < 1.29 is 9.53 Å². The standard InChI is InChI=1S/C12H15O2/c1-14-12(9-10-13)8-7-11-5-3-2-4-6-11/h2-6,12H,7-9H2,1H3. The van der Waals surface area contributed by atoms with Crippen LogP contribution in [0.1, 0.15) is 18.4 Å². The van der Waals surface area contributed by atoms with E-state index in [-0.39, 0.29) is 6.10 Å². The number of aryl methyl sites for hydroxylation is 1. The number of benzene rings is 1. The van der Waals surface area contributed by atoms with Crippen molar-refractivity contribution in [1.82, 2.24) is 0 Å². The molecule has 1 unspecified atom stereocenters. The maximum Gasteiger partial charge on any atom is 0.201 e. The second-order valence-corrected chi connectivity index (χ2v) is 3.23. The van der Waals surface area contributed by atoms with Crippen molar-refractivity contribution in [2.45, 2.75) is 25.4 Å². The van der Waals surface area contributed by atoms with Crippen LogP contribution in [-0.2, 0) is 16.0 Å². The van der Waals surface area contributed by atoms with E-state index in [0.29, 0.717) is 6.42 Å². The average Bonchev–Trinajstić information content (AvgIpc) is 2.25. The predicted molar refractivity (Wildman–Crippen MR) is 55.9 cm³/mol. The van der Waals surface area contributed by atoms with Crippen molar-refractivity contribution in [3.05, 3.63) is 35.9 Å². The lowest BCUT2D eigenvalue weighted by atomic mass is 10.1. The maximum atomic E-state index is 10.2. The third kappa shape index (κ3) is 3.71. The molecule has 2 heteroatoms. The van der Waals surface area contributed by atoms with Crippen LogP contribution < -0.4 is 0 Å². The molecule has 1 aromatic rings. The van der Waals surface area contributed by atoms with E-state index in [1.807, 2.05) is 24.5 Å². The van der Waals surface area contributed by atoms with Crippen LogP contribution in [0.2, 0.25) is 0 Å². The van der Waals surface area contributed by atoms with Gasteiger partial charge in [-0.3, -0.25) is 4.79 Å². The SMILES string of the molecule is COC(C[C]=O)CCc1ccccc1. The molecule has 0 aromatic heterocycles. The molecule has 0 heterocycles. The quantitative estimate of drug-likeness (QED) is 0.688. The number of hydrogen-bond donors (Lipinski definition) is 0. The van der Waals surface area contributed by atoms with Gasteiger partial charge < -0.3 is 4.74 Å². The summed E-state index contributed by atoms with van der Waals surface area (Å²) in [4.78, 5) is 10.2. The molecule has 0 bridgehead atoms. The molecule has 0 aliphatic carbocycles. The monoisotopic (exact) mass is 191 g/mol. The van der Waals surface area contributed by atoms with Crippen molar-refractivity contribution in [2.75, 3.05) is 7.11 Å². The van der Waals surface area contributed by atoms with Gasteiger partial charge in [-0.25, -0.2) is 0 Å². The Labute approximate surface area is 84.9 Å². The molecule has 1 radical (unpaired) electrons. The van der Waals surface area contributed by atoms with Crippen molar-refractivity contribution in [2.24, 2.45) is 0 Å². The van der Waals surface area contributed by atoms with Crippen LogP contribution in [0.3, 0.4) is 0 Å². The van der Waals surface area contributed by atoms with E-state index in [2.05, 4.69) is 12.1 Å². The zero-order valence-corrected chi connectivity index (χ0v) is 8.40. The van der Waals surface area contributed by atoms with Gasteiger partial charge in [0, 0.05) is 13.5 Å². The van der Waals surface area contributed by atoms with Gasteiger partial charge in [0.1, 0.15) is 0 Å². The van der Waals surface area contributed by atoms with Crippen molar-refractivity contribution in [3.8, 4) is 0 Å². The number of hydrogen-bond acceptors (Lipinski definition) is 2. The summed E-state index contributed by atoms with van der Waals surface area (Å²) in [6.45, 7) is 0. The minimum absolute atomic E-state index is 0.00714. The number of rotatable bonds is 6. The molecule has 0 amide bonds. The van der Waals surface area contributed by atoms with E-state index >= 15 is 0 Å². The minimum atomic E-state index is 0.00714. The highest BCUT2D eigenvalue weighted by Crippen LogP contribution is 2.08. The Balaban J connectivity index is 2.35. The molecule has 0 spiro atoms. The topological polar surface area (TPSA) is 26.3 Å².